The van der Waals surface area contributed by atoms with Crippen LogP contribution in [-0.4, -0.2) is 39.4 Å². The molecule has 0 aliphatic heterocycles. The highest BCUT2D eigenvalue weighted by Gasteiger charge is 2.28. The van der Waals surface area contributed by atoms with Crippen LogP contribution in [0.3, 0.4) is 0 Å². The summed E-state index contributed by atoms with van der Waals surface area (Å²) in [4.78, 5) is 32.2. The first-order valence-electron chi connectivity index (χ1n) is 11.9. The lowest BCUT2D eigenvalue weighted by atomic mass is 10.1. The highest BCUT2D eigenvalue weighted by atomic mass is 35.5. The second-order valence-corrected chi connectivity index (χ2v) is 9.41. The van der Waals surface area contributed by atoms with Crippen molar-refractivity contribution in [2.45, 2.75) is 46.5 Å². The standard InChI is InChI=1S/C27H31ClN4O2/c1-4-31(26(34)21-7-5-6-8-21)17-25(33)30-27-29-24(20-10-12-22(28)13-11-20)16-32(27)23-14-9-18(2)19(3)15-23/h9-16,21H,4-8,17H2,1-3H3,(H,29,30,33). The molecule has 0 radical (unpaired) electrons. The Morgan fingerprint density at radius 1 is 1.09 bits per heavy atom. The Morgan fingerprint density at radius 2 is 1.79 bits per heavy atom. The number of aryl methyl sites for hydroxylation is 2. The minimum atomic E-state index is -0.258. The number of carbonyl (C=O) groups excluding carboxylic acids is 2. The molecule has 6 nitrogen and oxygen atoms in total. The van der Waals surface area contributed by atoms with Crippen molar-refractivity contribution in [2.75, 3.05) is 18.4 Å². The molecule has 0 saturated heterocycles. The predicted molar refractivity (Wildman–Crippen MR) is 136 cm³/mol. The van der Waals surface area contributed by atoms with Crippen LogP contribution >= 0.6 is 11.6 Å². The second kappa shape index (κ2) is 10.4. The molecule has 4 rings (SSSR count). The SMILES string of the molecule is CCN(CC(=O)Nc1nc(-c2ccc(Cl)cc2)cn1-c1ccc(C)c(C)c1)C(=O)C1CCCC1. The number of benzene rings is 2. The lowest BCUT2D eigenvalue weighted by Gasteiger charge is -2.23. The molecule has 1 fully saturated rings. The van der Waals surface area contributed by atoms with E-state index in [-0.39, 0.29) is 24.3 Å². The molecule has 1 N–H and O–H groups in total. The van der Waals surface area contributed by atoms with E-state index in [2.05, 4.69) is 31.3 Å². The van der Waals surface area contributed by atoms with Gasteiger partial charge in [0.2, 0.25) is 17.8 Å². The highest BCUT2D eigenvalue weighted by Crippen LogP contribution is 2.28. The maximum Gasteiger partial charge on any atom is 0.246 e. The second-order valence-electron chi connectivity index (χ2n) is 8.98. The summed E-state index contributed by atoms with van der Waals surface area (Å²) in [5.74, 6) is 0.283. The fourth-order valence-corrected chi connectivity index (χ4v) is 4.54. The number of rotatable bonds is 7. The van der Waals surface area contributed by atoms with Gasteiger partial charge in [0.1, 0.15) is 0 Å². The first-order chi connectivity index (χ1) is 16.4. The third-order valence-corrected chi connectivity index (χ3v) is 6.85. The summed E-state index contributed by atoms with van der Waals surface area (Å²) in [6.45, 7) is 6.55. The van der Waals surface area contributed by atoms with Crippen molar-refractivity contribution in [3.63, 3.8) is 0 Å². The van der Waals surface area contributed by atoms with Crippen molar-refractivity contribution in [1.29, 1.82) is 0 Å². The van der Waals surface area contributed by atoms with Crippen LogP contribution in [0.1, 0.15) is 43.7 Å². The van der Waals surface area contributed by atoms with Crippen molar-refractivity contribution < 1.29 is 9.59 Å². The largest absolute Gasteiger partial charge is 0.333 e. The molecule has 1 aromatic heterocycles. The predicted octanol–water partition coefficient (Wildman–Crippen LogP) is 5.79. The molecule has 0 unspecified atom stereocenters. The van der Waals surface area contributed by atoms with Gasteiger partial charge < -0.3 is 4.90 Å². The summed E-state index contributed by atoms with van der Waals surface area (Å²) >= 11 is 6.05. The normalized spacial score (nSPS) is 13.8. The molecule has 0 atom stereocenters. The average Bonchev–Trinajstić information content (AvgIpc) is 3.50. The summed E-state index contributed by atoms with van der Waals surface area (Å²) in [7, 11) is 0. The van der Waals surface area contributed by atoms with E-state index in [0.29, 0.717) is 17.5 Å². The van der Waals surface area contributed by atoms with Gasteiger partial charge in [-0.25, -0.2) is 4.98 Å². The number of nitrogens with one attached hydrogen (secondary N) is 1. The van der Waals surface area contributed by atoms with Crippen LogP contribution in [0.4, 0.5) is 5.95 Å². The molecule has 178 valence electrons. The zero-order valence-corrected chi connectivity index (χ0v) is 20.7. The minimum Gasteiger partial charge on any atom is -0.333 e. The average molecular weight is 479 g/mol. The minimum absolute atomic E-state index is 0.0158. The number of aromatic nitrogens is 2. The number of hydrogen-bond donors (Lipinski definition) is 1. The van der Waals surface area contributed by atoms with Gasteiger partial charge in [-0.3, -0.25) is 19.5 Å². The van der Waals surface area contributed by atoms with E-state index in [1.807, 2.05) is 48.0 Å². The number of amides is 2. The molecule has 1 saturated carbocycles. The Bertz CT molecular complexity index is 1180. The number of imidazole rings is 1. The highest BCUT2D eigenvalue weighted by molar-refractivity contribution is 6.30. The summed E-state index contributed by atoms with van der Waals surface area (Å²) in [5, 5.41) is 3.60. The van der Waals surface area contributed by atoms with Crippen LogP contribution in [0.15, 0.2) is 48.7 Å². The van der Waals surface area contributed by atoms with Crippen LogP contribution < -0.4 is 5.32 Å². The first kappa shape index (κ1) is 24.0. The van der Waals surface area contributed by atoms with E-state index in [0.717, 1.165) is 48.2 Å². The van der Waals surface area contributed by atoms with E-state index < -0.39 is 0 Å². The number of nitrogens with zero attached hydrogens (tertiary/aromatic N) is 3. The monoisotopic (exact) mass is 478 g/mol. The van der Waals surface area contributed by atoms with Crippen molar-refractivity contribution in [2.24, 2.45) is 5.92 Å². The Labute approximate surface area is 205 Å². The molecular weight excluding hydrogens is 448 g/mol. The van der Waals surface area contributed by atoms with E-state index in [1.165, 1.54) is 5.56 Å². The van der Waals surface area contributed by atoms with Crippen LogP contribution in [-0.2, 0) is 9.59 Å². The number of likely N-dealkylation sites (N-methyl/N-ethyl adjacent to an activating group) is 1. The number of hydrogen-bond acceptors (Lipinski definition) is 3. The van der Waals surface area contributed by atoms with Crippen molar-refractivity contribution >= 4 is 29.4 Å². The summed E-state index contributed by atoms with van der Waals surface area (Å²) in [5.41, 5.74) is 4.86. The Balaban J connectivity index is 1.61. The Hall–Kier alpha value is -3.12. The Kier molecular flexibility index (Phi) is 7.37. The van der Waals surface area contributed by atoms with Gasteiger partial charge in [0.05, 0.1) is 12.2 Å². The molecule has 3 aromatic rings. The van der Waals surface area contributed by atoms with Crippen LogP contribution in [0.2, 0.25) is 5.02 Å². The van der Waals surface area contributed by atoms with Gasteiger partial charge in [-0.2, -0.15) is 0 Å². The molecule has 1 aliphatic carbocycles. The fraction of sp³-hybridized carbons (Fsp3) is 0.370. The van der Waals surface area contributed by atoms with Crippen LogP contribution in [0.5, 0.6) is 0 Å². The van der Waals surface area contributed by atoms with E-state index >= 15 is 0 Å². The summed E-state index contributed by atoms with van der Waals surface area (Å²) in [6, 6.07) is 13.6. The third-order valence-electron chi connectivity index (χ3n) is 6.60. The summed E-state index contributed by atoms with van der Waals surface area (Å²) in [6.07, 6.45) is 5.91. The van der Waals surface area contributed by atoms with Crippen molar-refractivity contribution in [3.8, 4) is 16.9 Å². The van der Waals surface area contributed by atoms with Gasteiger partial charge in [0.25, 0.3) is 0 Å². The molecule has 2 amide bonds. The van der Waals surface area contributed by atoms with Gasteiger partial charge in [-0.05, 0) is 69.0 Å². The Morgan fingerprint density at radius 3 is 2.44 bits per heavy atom. The van der Waals surface area contributed by atoms with Crippen LogP contribution in [0, 0.1) is 19.8 Å². The van der Waals surface area contributed by atoms with Gasteiger partial charge in [-0.1, -0.05) is 42.6 Å². The quantitative estimate of drug-likeness (QED) is 0.467. The van der Waals surface area contributed by atoms with E-state index in [9.17, 15) is 9.59 Å². The molecule has 1 aliphatic rings. The third kappa shape index (κ3) is 5.33. The number of carbonyl (C=O) groups is 2. The molecular formula is C27H31ClN4O2. The van der Waals surface area contributed by atoms with Crippen LogP contribution in [0.25, 0.3) is 16.9 Å². The molecule has 1 heterocycles. The van der Waals surface area contributed by atoms with Gasteiger partial charge in [0.15, 0.2) is 0 Å². The molecule has 0 spiro atoms. The maximum absolute atomic E-state index is 13.0. The topological polar surface area (TPSA) is 67.2 Å². The first-order valence-corrected chi connectivity index (χ1v) is 12.2. The van der Waals surface area contributed by atoms with E-state index in [1.54, 1.807) is 4.90 Å². The smallest absolute Gasteiger partial charge is 0.246 e. The zero-order valence-electron chi connectivity index (χ0n) is 20.0. The number of halogens is 1. The fourth-order valence-electron chi connectivity index (χ4n) is 4.41. The van der Waals surface area contributed by atoms with Crippen molar-refractivity contribution in [3.05, 3.63) is 64.8 Å². The maximum atomic E-state index is 13.0. The van der Waals surface area contributed by atoms with Gasteiger partial charge in [-0.15, -0.1) is 0 Å². The molecule has 7 heteroatoms. The lowest BCUT2D eigenvalue weighted by molar-refractivity contribution is -0.138. The zero-order chi connectivity index (χ0) is 24.2. The van der Waals surface area contributed by atoms with Gasteiger partial charge in [0, 0.05) is 34.9 Å². The molecule has 0 bridgehead atoms. The molecule has 34 heavy (non-hydrogen) atoms. The van der Waals surface area contributed by atoms with Gasteiger partial charge >= 0.3 is 0 Å². The number of anilines is 1. The molecule has 2 aromatic carbocycles. The van der Waals surface area contributed by atoms with E-state index in [4.69, 9.17) is 16.6 Å². The van der Waals surface area contributed by atoms with Crippen molar-refractivity contribution in [1.82, 2.24) is 14.5 Å². The lowest BCUT2D eigenvalue weighted by Crippen LogP contribution is -2.40. The summed E-state index contributed by atoms with van der Waals surface area (Å²) < 4.78 is 1.88.